The Balaban J connectivity index is 2.02. The number of likely N-dealkylation sites (tertiary alicyclic amines) is 1. The maximum absolute atomic E-state index is 5.49. The molecule has 0 aliphatic carbocycles. The summed E-state index contributed by atoms with van der Waals surface area (Å²) < 4.78 is 5.49. The molecule has 1 aliphatic heterocycles. The van der Waals surface area contributed by atoms with Crippen molar-refractivity contribution in [1.29, 1.82) is 0 Å². The first kappa shape index (κ1) is 14.5. The third-order valence-corrected chi connectivity index (χ3v) is 3.90. The Hall–Kier alpha value is -0.900. The molecule has 1 aromatic rings. The Morgan fingerprint density at radius 2 is 2.16 bits per heavy atom. The van der Waals surface area contributed by atoms with Gasteiger partial charge in [-0.05, 0) is 24.9 Å². The van der Waals surface area contributed by atoms with Gasteiger partial charge in [0.25, 0.3) is 0 Å². The fraction of sp³-hybridized carbons (Fsp3) is 0.625. The van der Waals surface area contributed by atoms with Crippen LogP contribution in [0.2, 0.25) is 0 Å². The predicted octanol–water partition coefficient (Wildman–Crippen LogP) is 2.45. The van der Waals surface area contributed by atoms with E-state index in [2.05, 4.69) is 47.5 Å². The summed E-state index contributed by atoms with van der Waals surface area (Å²) >= 11 is 0. The first-order valence-electron chi connectivity index (χ1n) is 7.37. The molecule has 0 aromatic heterocycles. The number of ether oxygens (including phenoxy) is 1. The van der Waals surface area contributed by atoms with E-state index < -0.39 is 0 Å². The molecule has 1 aliphatic rings. The van der Waals surface area contributed by atoms with Gasteiger partial charge in [-0.1, -0.05) is 37.3 Å². The molecule has 0 bridgehead atoms. The molecule has 106 valence electrons. The van der Waals surface area contributed by atoms with Crippen LogP contribution >= 0.6 is 0 Å². The van der Waals surface area contributed by atoms with Gasteiger partial charge >= 0.3 is 0 Å². The van der Waals surface area contributed by atoms with E-state index >= 15 is 0 Å². The van der Waals surface area contributed by atoms with Crippen molar-refractivity contribution < 1.29 is 4.74 Å². The molecule has 3 nitrogen and oxygen atoms in total. The molecule has 1 fully saturated rings. The Kier molecular flexibility index (Phi) is 5.83. The second-order valence-corrected chi connectivity index (χ2v) is 5.27. The van der Waals surface area contributed by atoms with Gasteiger partial charge in [0.15, 0.2) is 0 Å². The average Bonchev–Trinajstić information content (AvgIpc) is 2.93. The molecule has 1 heterocycles. The maximum atomic E-state index is 5.49. The van der Waals surface area contributed by atoms with Crippen molar-refractivity contribution in [3.8, 4) is 0 Å². The Bertz CT molecular complexity index is 355. The number of benzene rings is 1. The summed E-state index contributed by atoms with van der Waals surface area (Å²) in [6, 6.07) is 11.3. The second kappa shape index (κ2) is 7.63. The third-order valence-electron chi connectivity index (χ3n) is 3.90. The zero-order valence-electron chi connectivity index (χ0n) is 12.1. The van der Waals surface area contributed by atoms with Crippen LogP contribution in [-0.4, -0.2) is 44.3 Å². The van der Waals surface area contributed by atoms with Crippen LogP contribution < -0.4 is 5.32 Å². The van der Waals surface area contributed by atoms with E-state index in [9.17, 15) is 0 Å². The van der Waals surface area contributed by atoms with Crippen molar-refractivity contribution in [1.82, 2.24) is 10.2 Å². The third kappa shape index (κ3) is 4.03. The van der Waals surface area contributed by atoms with Crippen molar-refractivity contribution in [3.63, 3.8) is 0 Å². The molecule has 3 heteroatoms. The van der Waals surface area contributed by atoms with Gasteiger partial charge in [0.05, 0.1) is 6.10 Å². The van der Waals surface area contributed by atoms with E-state index in [0.717, 1.165) is 32.6 Å². The van der Waals surface area contributed by atoms with Crippen molar-refractivity contribution in [3.05, 3.63) is 35.9 Å². The largest absolute Gasteiger partial charge is 0.380 e. The van der Waals surface area contributed by atoms with Crippen molar-refractivity contribution in [2.75, 3.05) is 33.3 Å². The minimum absolute atomic E-state index is 0.400. The topological polar surface area (TPSA) is 24.5 Å². The lowest BCUT2D eigenvalue weighted by Crippen LogP contribution is -2.35. The van der Waals surface area contributed by atoms with Gasteiger partial charge in [0, 0.05) is 32.8 Å². The van der Waals surface area contributed by atoms with Gasteiger partial charge in [-0.2, -0.15) is 0 Å². The molecule has 2 atom stereocenters. The van der Waals surface area contributed by atoms with Crippen LogP contribution in [0.3, 0.4) is 0 Å². The van der Waals surface area contributed by atoms with Gasteiger partial charge in [-0.3, -0.25) is 4.90 Å². The first-order valence-corrected chi connectivity index (χ1v) is 7.37. The molecule has 0 amide bonds. The maximum Gasteiger partial charge on any atom is 0.0710 e. The highest BCUT2D eigenvalue weighted by Gasteiger charge is 2.28. The highest BCUT2D eigenvalue weighted by Crippen LogP contribution is 2.25. The fourth-order valence-electron chi connectivity index (χ4n) is 2.78. The summed E-state index contributed by atoms with van der Waals surface area (Å²) in [5, 5.41) is 3.56. The van der Waals surface area contributed by atoms with Crippen molar-refractivity contribution in [2.45, 2.75) is 31.9 Å². The van der Waals surface area contributed by atoms with Gasteiger partial charge in [-0.15, -0.1) is 0 Å². The highest BCUT2D eigenvalue weighted by atomic mass is 16.5. The number of nitrogens with one attached hydrogen (secondary N) is 1. The molecule has 0 saturated carbocycles. The zero-order valence-corrected chi connectivity index (χ0v) is 12.1. The van der Waals surface area contributed by atoms with Crippen molar-refractivity contribution in [2.24, 2.45) is 0 Å². The van der Waals surface area contributed by atoms with Crippen molar-refractivity contribution >= 4 is 0 Å². The normalized spacial score (nSPS) is 21.7. The summed E-state index contributed by atoms with van der Waals surface area (Å²) in [6.45, 7) is 6.50. The van der Waals surface area contributed by atoms with E-state index in [4.69, 9.17) is 4.74 Å². The number of nitrogens with zero attached hydrogens (tertiary/aromatic N) is 1. The molecular weight excluding hydrogens is 236 g/mol. The SMILES string of the molecule is CCCNCC(c1ccccc1)N1CCC(OC)C1. The van der Waals surface area contributed by atoms with Crippen LogP contribution in [-0.2, 0) is 4.74 Å². The van der Waals surface area contributed by atoms with Gasteiger partial charge < -0.3 is 10.1 Å². The fourth-order valence-corrected chi connectivity index (χ4v) is 2.78. The van der Waals surface area contributed by atoms with Crippen LogP contribution in [0, 0.1) is 0 Å². The molecule has 0 radical (unpaired) electrons. The molecule has 1 saturated heterocycles. The van der Waals surface area contributed by atoms with E-state index in [1.54, 1.807) is 0 Å². The average molecular weight is 262 g/mol. The van der Waals surface area contributed by atoms with E-state index in [0.29, 0.717) is 12.1 Å². The zero-order chi connectivity index (χ0) is 13.5. The smallest absolute Gasteiger partial charge is 0.0710 e. The quantitative estimate of drug-likeness (QED) is 0.764. The van der Waals surface area contributed by atoms with Crippen LogP contribution in [0.1, 0.15) is 31.4 Å². The minimum Gasteiger partial charge on any atom is -0.380 e. The summed E-state index contributed by atoms with van der Waals surface area (Å²) in [7, 11) is 1.82. The Labute approximate surface area is 116 Å². The van der Waals surface area contributed by atoms with Crippen LogP contribution in [0.25, 0.3) is 0 Å². The van der Waals surface area contributed by atoms with Gasteiger partial charge in [0.1, 0.15) is 0 Å². The number of rotatable bonds is 7. The summed E-state index contributed by atoms with van der Waals surface area (Å²) in [5.74, 6) is 0. The Morgan fingerprint density at radius 3 is 2.79 bits per heavy atom. The lowest BCUT2D eigenvalue weighted by molar-refractivity contribution is 0.100. The molecule has 1 N–H and O–H groups in total. The summed E-state index contributed by atoms with van der Waals surface area (Å²) in [6.07, 6.45) is 2.73. The molecule has 0 spiro atoms. The summed E-state index contributed by atoms with van der Waals surface area (Å²) in [5.41, 5.74) is 1.41. The first-order chi connectivity index (χ1) is 9.35. The van der Waals surface area contributed by atoms with Crippen LogP contribution in [0.4, 0.5) is 0 Å². The standard InChI is InChI=1S/C16H26N2O/c1-3-10-17-12-16(14-7-5-4-6-8-14)18-11-9-15(13-18)19-2/h4-8,15-17H,3,9-13H2,1-2H3. The lowest BCUT2D eigenvalue weighted by Gasteiger charge is -2.28. The second-order valence-electron chi connectivity index (χ2n) is 5.27. The predicted molar refractivity (Wildman–Crippen MR) is 79.3 cm³/mol. The molecular formula is C16H26N2O. The van der Waals surface area contributed by atoms with Crippen LogP contribution in [0.5, 0.6) is 0 Å². The molecule has 1 aromatic carbocycles. The van der Waals surface area contributed by atoms with E-state index in [-0.39, 0.29) is 0 Å². The number of methoxy groups -OCH3 is 1. The highest BCUT2D eigenvalue weighted by molar-refractivity contribution is 5.20. The number of hydrogen-bond donors (Lipinski definition) is 1. The summed E-state index contributed by atoms with van der Waals surface area (Å²) in [4.78, 5) is 2.55. The van der Waals surface area contributed by atoms with Crippen LogP contribution in [0.15, 0.2) is 30.3 Å². The molecule has 19 heavy (non-hydrogen) atoms. The minimum atomic E-state index is 0.400. The molecule has 2 unspecified atom stereocenters. The Morgan fingerprint density at radius 1 is 1.37 bits per heavy atom. The van der Waals surface area contributed by atoms with E-state index in [1.807, 2.05) is 7.11 Å². The van der Waals surface area contributed by atoms with E-state index in [1.165, 1.54) is 12.0 Å². The monoisotopic (exact) mass is 262 g/mol. The molecule has 2 rings (SSSR count). The van der Waals surface area contributed by atoms with Gasteiger partial charge in [-0.25, -0.2) is 0 Å². The lowest BCUT2D eigenvalue weighted by atomic mass is 10.1. The number of hydrogen-bond acceptors (Lipinski definition) is 3. The van der Waals surface area contributed by atoms with Gasteiger partial charge in [0.2, 0.25) is 0 Å².